The van der Waals surface area contributed by atoms with Crippen molar-refractivity contribution in [2.75, 3.05) is 14.2 Å². The second-order valence-electron chi connectivity index (χ2n) is 21.7. The first-order chi connectivity index (χ1) is 33.4. The molecule has 0 aliphatic heterocycles. The van der Waals surface area contributed by atoms with Gasteiger partial charge in [0.2, 0.25) is 0 Å². The minimum Gasteiger partial charge on any atom is -0.508 e. The van der Waals surface area contributed by atoms with Gasteiger partial charge >= 0.3 is 0 Å². The van der Waals surface area contributed by atoms with Crippen LogP contribution in [-0.4, -0.2) is 59.2 Å². The molecule has 0 radical (unpaired) electrons. The van der Waals surface area contributed by atoms with E-state index < -0.39 is 0 Å². The lowest BCUT2D eigenvalue weighted by atomic mass is 9.84. The highest BCUT2D eigenvalue weighted by Crippen LogP contribution is 2.34. The van der Waals surface area contributed by atoms with Crippen molar-refractivity contribution < 1.29 is 14.6 Å². The van der Waals surface area contributed by atoms with Crippen LogP contribution in [0.1, 0.15) is 143 Å². The molecule has 0 atom stereocenters. The van der Waals surface area contributed by atoms with Crippen LogP contribution in [0.25, 0.3) is 55.8 Å². The Morgan fingerprint density at radius 2 is 1.05 bits per heavy atom. The van der Waals surface area contributed by atoms with Crippen LogP contribution in [0.5, 0.6) is 17.2 Å². The summed E-state index contributed by atoms with van der Waals surface area (Å²) < 4.78 is 10.8. The Morgan fingerprint density at radius 1 is 0.479 bits per heavy atom. The standard InChI is InChI=1S/C20H21N3O.C15H19N.C13H16N2O.C12H14N2O.2CH4/c1-20(2,3)19-15-8-5-9-16(24-4)18(15)22-17(23-19)11-10-14-7-6-12-21-13-14;1-10-8-12-13(15(3,4)5)6-7-16-14(12)9-11(10)2;1-13(2,3)12-9-6-5-7-10(16-4)11(9)14-8-15-12;1-12(2,3)11-9-6-8(15)4-5-10(9)13-7-14-11;;/h5-13H,1-4H3;6-9H,1-5H3;5-8H,1-4H3;4-7,15H,1-3H3;2*1H4/b11-10+;;;;;. The number of methoxy groups -OCH3 is 2. The van der Waals surface area contributed by atoms with Crippen LogP contribution in [-0.2, 0) is 21.7 Å². The zero-order chi connectivity index (χ0) is 51.9. The minimum atomic E-state index is -0.0928. The van der Waals surface area contributed by atoms with E-state index in [-0.39, 0.29) is 42.3 Å². The molecule has 11 heteroatoms. The topological polar surface area (TPSA) is 142 Å². The average Bonchev–Trinajstić information content (AvgIpc) is 3.32. The van der Waals surface area contributed by atoms with Crippen molar-refractivity contribution in [2.45, 2.75) is 133 Å². The Hall–Kier alpha value is -7.40. The molecule has 384 valence electrons. The Kier molecular flexibility index (Phi) is 19.0. The number of aromatic nitrogens is 8. The molecule has 1 N–H and O–H groups in total. The normalized spacial score (nSPS) is 11.6. The summed E-state index contributed by atoms with van der Waals surface area (Å²) in [4.78, 5) is 35.2. The molecule has 0 amide bonds. The first-order valence-corrected chi connectivity index (χ1v) is 23.9. The van der Waals surface area contributed by atoms with Gasteiger partial charge in [-0.1, -0.05) is 128 Å². The van der Waals surface area contributed by atoms with Crippen LogP contribution in [0.4, 0.5) is 0 Å². The molecule has 9 rings (SSSR count). The van der Waals surface area contributed by atoms with Crippen LogP contribution in [0.15, 0.2) is 116 Å². The van der Waals surface area contributed by atoms with Crippen LogP contribution in [0.2, 0.25) is 0 Å². The average molecular weight is 983 g/mol. The third-order valence-corrected chi connectivity index (χ3v) is 11.8. The number of ether oxygens (including phenoxy) is 2. The van der Waals surface area contributed by atoms with Crippen molar-refractivity contribution in [3.8, 4) is 17.2 Å². The van der Waals surface area contributed by atoms with E-state index in [1.165, 1.54) is 22.1 Å². The molecule has 0 saturated carbocycles. The van der Waals surface area contributed by atoms with Gasteiger partial charge in [0.15, 0.2) is 5.82 Å². The summed E-state index contributed by atoms with van der Waals surface area (Å²) in [6.07, 6.45) is 12.5. The number of para-hydroxylation sites is 2. The van der Waals surface area contributed by atoms with Crippen molar-refractivity contribution in [1.82, 2.24) is 39.9 Å². The Balaban J connectivity index is 0.000000213. The van der Waals surface area contributed by atoms with Gasteiger partial charge in [-0.3, -0.25) is 9.97 Å². The fraction of sp³-hybridized carbons (Fsp3) is 0.355. The summed E-state index contributed by atoms with van der Waals surface area (Å²) in [6, 6.07) is 27.5. The van der Waals surface area contributed by atoms with Crippen molar-refractivity contribution in [2.24, 2.45) is 0 Å². The van der Waals surface area contributed by atoms with Crippen molar-refractivity contribution in [1.29, 1.82) is 0 Å². The summed E-state index contributed by atoms with van der Waals surface area (Å²) in [5, 5.41) is 13.8. The summed E-state index contributed by atoms with van der Waals surface area (Å²) in [5.41, 5.74) is 11.8. The summed E-state index contributed by atoms with van der Waals surface area (Å²) in [5.74, 6) is 2.48. The van der Waals surface area contributed by atoms with Crippen molar-refractivity contribution in [3.63, 3.8) is 0 Å². The van der Waals surface area contributed by atoms with Gasteiger partial charge in [-0.05, 0) is 108 Å². The van der Waals surface area contributed by atoms with E-state index in [2.05, 4.69) is 145 Å². The summed E-state index contributed by atoms with van der Waals surface area (Å²) in [6.45, 7) is 30.2. The van der Waals surface area contributed by atoms with Gasteiger partial charge in [0.05, 0.1) is 42.3 Å². The molecule has 5 aromatic heterocycles. The molecule has 0 saturated heterocycles. The number of hydrogen-bond donors (Lipinski definition) is 1. The van der Waals surface area contributed by atoms with Gasteiger partial charge in [0.25, 0.3) is 0 Å². The molecule has 9 aromatic rings. The number of hydrogen-bond acceptors (Lipinski definition) is 11. The van der Waals surface area contributed by atoms with Gasteiger partial charge in [0.1, 0.15) is 40.9 Å². The number of benzene rings is 4. The van der Waals surface area contributed by atoms with Crippen LogP contribution < -0.4 is 9.47 Å². The second kappa shape index (κ2) is 23.9. The molecule has 0 spiro atoms. The number of phenols is 1. The van der Waals surface area contributed by atoms with E-state index >= 15 is 0 Å². The Labute approximate surface area is 434 Å². The lowest BCUT2D eigenvalue weighted by molar-refractivity contribution is 0.418. The third kappa shape index (κ3) is 14.4. The zero-order valence-corrected chi connectivity index (χ0v) is 44.5. The van der Waals surface area contributed by atoms with E-state index in [0.29, 0.717) is 5.82 Å². The van der Waals surface area contributed by atoms with Crippen molar-refractivity contribution >= 4 is 55.8 Å². The molecular formula is C62H78N8O3. The monoisotopic (exact) mass is 983 g/mol. The molecule has 4 aromatic carbocycles. The summed E-state index contributed by atoms with van der Waals surface area (Å²) in [7, 11) is 3.33. The first kappa shape index (κ1) is 58.2. The lowest BCUT2D eigenvalue weighted by Gasteiger charge is -2.21. The smallest absolute Gasteiger partial charge is 0.153 e. The molecule has 0 aliphatic carbocycles. The van der Waals surface area contributed by atoms with Crippen LogP contribution >= 0.6 is 0 Å². The number of aryl methyl sites for hydroxylation is 2. The van der Waals surface area contributed by atoms with E-state index in [9.17, 15) is 5.11 Å². The highest BCUT2D eigenvalue weighted by atomic mass is 16.5. The predicted molar refractivity (Wildman–Crippen MR) is 306 cm³/mol. The molecule has 0 aliphatic rings. The molecule has 0 unspecified atom stereocenters. The quantitative estimate of drug-likeness (QED) is 0.180. The van der Waals surface area contributed by atoms with Crippen LogP contribution in [0.3, 0.4) is 0 Å². The molecule has 0 fully saturated rings. The maximum absolute atomic E-state index is 9.46. The molecule has 73 heavy (non-hydrogen) atoms. The minimum absolute atomic E-state index is 0. The highest BCUT2D eigenvalue weighted by molar-refractivity contribution is 5.89. The van der Waals surface area contributed by atoms with Crippen molar-refractivity contribution in [3.05, 3.63) is 161 Å². The largest absolute Gasteiger partial charge is 0.508 e. The lowest BCUT2D eigenvalue weighted by Crippen LogP contribution is -2.15. The second-order valence-corrected chi connectivity index (χ2v) is 21.7. The zero-order valence-electron chi connectivity index (χ0n) is 44.5. The first-order valence-electron chi connectivity index (χ1n) is 23.9. The number of phenolic OH excluding ortho intramolecular Hbond substituents is 1. The Morgan fingerprint density at radius 3 is 1.63 bits per heavy atom. The third-order valence-electron chi connectivity index (χ3n) is 11.8. The number of fused-ring (bicyclic) bond motifs is 4. The highest BCUT2D eigenvalue weighted by Gasteiger charge is 2.23. The van der Waals surface area contributed by atoms with E-state index in [0.717, 1.165) is 72.4 Å². The van der Waals surface area contributed by atoms with Gasteiger partial charge < -0.3 is 14.6 Å². The number of pyridine rings is 2. The van der Waals surface area contributed by atoms with Gasteiger partial charge in [-0.15, -0.1) is 0 Å². The SMILES string of the molecule is C.C.CC(C)(C)c1ncnc2ccc(O)cc12.COc1cccc2c(C(C)(C)C)nc(/C=C/c3cccnc3)nc12.COc1cccc2c(C(C)(C)C)ncnc12.Cc1cc2nccc(C(C)(C)C)c2cc1C. The molecule has 5 heterocycles. The fourth-order valence-electron chi connectivity index (χ4n) is 8.12. The Bertz CT molecular complexity index is 3310. The van der Waals surface area contributed by atoms with Gasteiger partial charge in [0, 0.05) is 56.4 Å². The predicted octanol–water partition coefficient (Wildman–Crippen LogP) is 15.5. The fourth-order valence-corrected chi connectivity index (χ4v) is 8.12. The van der Waals surface area contributed by atoms with Gasteiger partial charge in [-0.25, -0.2) is 29.9 Å². The number of rotatable bonds is 4. The van der Waals surface area contributed by atoms with E-state index in [4.69, 9.17) is 19.4 Å². The summed E-state index contributed by atoms with van der Waals surface area (Å²) >= 11 is 0. The maximum atomic E-state index is 9.46. The molecule has 0 bridgehead atoms. The van der Waals surface area contributed by atoms with E-state index in [1.807, 2.05) is 79.1 Å². The van der Waals surface area contributed by atoms with E-state index in [1.54, 1.807) is 45.2 Å². The molecule has 11 nitrogen and oxygen atoms in total. The maximum Gasteiger partial charge on any atom is 0.153 e. The van der Waals surface area contributed by atoms with Crippen LogP contribution in [0, 0.1) is 13.8 Å². The van der Waals surface area contributed by atoms with Gasteiger partial charge in [-0.2, -0.15) is 0 Å². The number of nitrogens with zero attached hydrogens (tertiary/aromatic N) is 8. The molecular weight excluding hydrogens is 905 g/mol. The number of aromatic hydroxyl groups is 1.